The van der Waals surface area contributed by atoms with E-state index in [1.54, 1.807) is 31.4 Å². The first-order chi connectivity index (χ1) is 17.2. The van der Waals surface area contributed by atoms with Crippen LogP contribution in [0, 0.1) is 0 Å². The SMILES string of the molecule is COc1ccccc1[C@@H](Sc1ccccc1)[C@H](NC(=O)c1ccccc1)C(=O)Sc1ccccc1. The predicted molar refractivity (Wildman–Crippen MR) is 143 cm³/mol. The molecule has 0 spiro atoms. The largest absolute Gasteiger partial charge is 0.496 e. The average Bonchev–Trinajstić information content (AvgIpc) is 2.92. The number of carbonyl (C=O) groups excluding carboxylic acids is 2. The van der Waals surface area contributed by atoms with E-state index in [1.807, 2.05) is 91.0 Å². The molecule has 176 valence electrons. The molecule has 0 fully saturated rings. The molecule has 35 heavy (non-hydrogen) atoms. The van der Waals surface area contributed by atoms with Crippen LogP contribution in [-0.4, -0.2) is 24.2 Å². The molecule has 4 rings (SSSR count). The van der Waals surface area contributed by atoms with Gasteiger partial charge in [0.05, 0.1) is 12.4 Å². The minimum absolute atomic E-state index is 0.153. The van der Waals surface area contributed by atoms with E-state index in [4.69, 9.17) is 4.74 Å². The topological polar surface area (TPSA) is 55.4 Å². The zero-order valence-electron chi connectivity index (χ0n) is 19.2. The monoisotopic (exact) mass is 499 g/mol. The first-order valence-electron chi connectivity index (χ1n) is 11.1. The van der Waals surface area contributed by atoms with E-state index >= 15 is 0 Å². The Bertz CT molecular complexity index is 1250. The average molecular weight is 500 g/mol. The molecule has 0 saturated heterocycles. The van der Waals surface area contributed by atoms with E-state index < -0.39 is 11.3 Å². The number of rotatable bonds is 9. The van der Waals surface area contributed by atoms with Gasteiger partial charge in [-0.3, -0.25) is 9.59 Å². The van der Waals surface area contributed by atoms with Crippen molar-refractivity contribution in [2.75, 3.05) is 7.11 Å². The Hall–Kier alpha value is -3.48. The normalized spacial score (nSPS) is 12.4. The molecule has 0 aromatic heterocycles. The minimum Gasteiger partial charge on any atom is -0.496 e. The highest BCUT2D eigenvalue weighted by atomic mass is 32.2. The summed E-state index contributed by atoms with van der Waals surface area (Å²) in [6.07, 6.45) is 0. The van der Waals surface area contributed by atoms with Crippen molar-refractivity contribution in [2.24, 2.45) is 0 Å². The van der Waals surface area contributed by atoms with E-state index in [0.29, 0.717) is 11.3 Å². The summed E-state index contributed by atoms with van der Waals surface area (Å²) in [5.74, 6) is 0.364. The second-order valence-corrected chi connectivity index (χ2v) is 9.94. The maximum absolute atomic E-state index is 13.8. The number of hydrogen-bond donors (Lipinski definition) is 1. The van der Waals surface area contributed by atoms with Crippen molar-refractivity contribution in [2.45, 2.75) is 21.1 Å². The van der Waals surface area contributed by atoms with Crippen molar-refractivity contribution < 1.29 is 14.3 Å². The van der Waals surface area contributed by atoms with Crippen molar-refractivity contribution in [3.8, 4) is 5.75 Å². The standard InChI is InChI=1S/C29H25NO3S2/c1-33-25-20-12-11-19-24(25)27(34-22-15-7-3-8-16-22)26(29(32)35-23-17-9-4-10-18-23)30-28(31)21-13-5-2-6-14-21/h2-20,26-27H,1H3,(H,30,31)/t26-,27+/m0/s1. The third kappa shape index (κ3) is 6.56. The summed E-state index contributed by atoms with van der Waals surface area (Å²) in [6.45, 7) is 0. The van der Waals surface area contributed by atoms with E-state index in [0.717, 1.165) is 27.1 Å². The Balaban J connectivity index is 1.75. The van der Waals surface area contributed by atoms with Crippen LogP contribution in [0.4, 0.5) is 0 Å². The van der Waals surface area contributed by atoms with E-state index in [1.165, 1.54) is 11.8 Å². The number of hydrogen-bond acceptors (Lipinski definition) is 5. The van der Waals surface area contributed by atoms with Gasteiger partial charge in [-0.2, -0.15) is 0 Å². The molecule has 6 heteroatoms. The molecule has 4 aromatic rings. The number of methoxy groups -OCH3 is 1. The lowest BCUT2D eigenvalue weighted by Gasteiger charge is -2.28. The van der Waals surface area contributed by atoms with Gasteiger partial charge >= 0.3 is 0 Å². The van der Waals surface area contributed by atoms with Crippen LogP contribution >= 0.6 is 23.5 Å². The molecule has 0 bridgehead atoms. The molecule has 1 amide bonds. The Labute approximate surface area is 214 Å². The van der Waals surface area contributed by atoms with E-state index in [2.05, 4.69) is 5.32 Å². The lowest BCUT2D eigenvalue weighted by molar-refractivity contribution is -0.112. The highest BCUT2D eigenvalue weighted by molar-refractivity contribution is 8.14. The number of amides is 1. The molecule has 0 aliphatic heterocycles. The quantitative estimate of drug-likeness (QED) is 0.262. The first kappa shape index (κ1) is 24.6. The molecule has 1 N–H and O–H groups in total. The van der Waals surface area contributed by atoms with Crippen molar-refractivity contribution in [3.05, 3.63) is 126 Å². The molecule has 2 atom stereocenters. The van der Waals surface area contributed by atoms with E-state index in [-0.39, 0.29) is 11.0 Å². The van der Waals surface area contributed by atoms with Crippen LogP contribution in [-0.2, 0) is 4.79 Å². The second-order valence-electron chi connectivity index (χ2n) is 7.64. The molecule has 0 saturated carbocycles. The zero-order chi connectivity index (χ0) is 24.5. The summed E-state index contributed by atoms with van der Waals surface area (Å²) in [7, 11) is 1.61. The van der Waals surface area contributed by atoms with Crippen LogP contribution in [0.5, 0.6) is 5.75 Å². The Kier molecular flexibility index (Phi) is 8.65. The van der Waals surface area contributed by atoms with Crippen LogP contribution in [0.25, 0.3) is 0 Å². The van der Waals surface area contributed by atoms with Gasteiger partial charge in [0.1, 0.15) is 11.8 Å². The van der Waals surface area contributed by atoms with Crippen molar-refractivity contribution in [1.82, 2.24) is 5.32 Å². The summed E-state index contributed by atoms with van der Waals surface area (Å²) >= 11 is 2.65. The number of benzene rings is 4. The van der Waals surface area contributed by atoms with Crippen molar-refractivity contribution >= 4 is 34.5 Å². The fourth-order valence-corrected chi connectivity index (χ4v) is 5.79. The third-order valence-corrected chi connectivity index (χ3v) is 7.58. The highest BCUT2D eigenvalue weighted by Gasteiger charge is 2.34. The van der Waals surface area contributed by atoms with Crippen molar-refractivity contribution in [3.63, 3.8) is 0 Å². The first-order valence-corrected chi connectivity index (χ1v) is 12.8. The van der Waals surface area contributed by atoms with Gasteiger partial charge in [-0.1, -0.05) is 72.8 Å². The third-order valence-electron chi connectivity index (χ3n) is 5.29. The molecular weight excluding hydrogens is 474 g/mol. The van der Waals surface area contributed by atoms with Gasteiger partial charge in [0, 0.05) is 20.9 Å². The van der Waals surface area contributed by atoms with Crippen molar-refractivity contribution in [1.29, 1.82) is 0 Å². The van der Waals surface area contributed by atoms with Crippen LogP contribution in [0.1, 0.15) is 21.2 Å². The van der Waals surface area contributed by atoms with Gasteiger partial charge in [-0.15, -0.1) is 11.8 Å². The summed E-state index contributed by atoms with van der Waals surface area (Å²) in [5, 5.41) is 2.46. The summed E-state index contributed by atoms with van der Waals surface area (Å²) in [6, 6.07) is 35.1. The molecule has 4 aromatic carbocycles. The van der Waals surface area contributed by atoms with Crippen LogP contribution < -0.4 is 10.1 Å². The molecule has 0 unspecified atom stereocenters. The number of para-hydroxylation sites is 1. The van der Waals surface area contributed by atoms with Gasteiger partial charge in [0.2, 0.25) is 5.12 Å². The molecule has 0 heterocycles. The van der Waals surface area contributed by atoms with Gasteiger partial charge in [-0.25, -0.2) is 0 Å². The van der Waals surface area contributed by atoms with Gasteiger partial charge in [-0.05, 0) is 54.2 Å². The van der Waals surface area contributed by atoms with Crippen LogP contribution in [0.3, 0.4) is 0 Å². The maximum Gasteiger partial charge on any atom is 0.251 e. The number of carbonyl (C=O) groups is 2. The number of ether oxygens (including phenoxy) is 1. The Morgan fingerprint density at radius 1 is 0.714 bits per heavy atom. The molecular formula is C29H25NO3S2. The summed E-state index contributed by atoms with van der Waals surface area (Å²) in [4.78, 5) is 28.8. The lowest BCUT2D eigenvalue weighted by atomic mass is 10.0. The zero-order valence-corrected chi connectivity index (χ0v) is 20.8. The smallest absolute Gasteiger partial charge is 0.251 e. The van der Waals surface area contributed by atoms with Crippen LogP contribution in [0.2, 0.25) is 0 Å². The number of nitrogens with one attached hydrogen (secondary N) is 1. The predicted octanol–water partition coefficient (Wildman–Crippen LogP) is 6.65. The second kappa shape index (κ2) is 12.3. The fourth-order valence-electron chi connectivity index (χ4n) is 3.60. The highest BCUT2D eigenvalue weighted by Crippen LogP contribution is 2.43. The van der Waals surface area contributed by atoms with Gasteiger partial charge in [0.25, 0.3) is 5.91 Å². The number of thioether (sulfide) groups is 2. The molecule has 0 radical (unpaired) electrons. The Morgan fingerprint density at radius 3 is 1.89 bits per heavy atom. The summed E-state index contributed by atoms with van der Waals surface area (Å²) < 4.78 is 5.66. The maximum atomic E-state index is 13.8. The minimum atomic E-state index is -0.825. The molecule has 0 aliphatic rings. The van der Waals surface area contributed by atoms with Crippen LogP contribution in [0.15, 0.2) is 125 Å². The molecule has 4 nitrogen and oxygen atoms in total. The van der Waals surface area contributed by atoms with Gasteiger partial charge in [0.15, 0.2) is 0 Å². The summed E-state index contributed by atoms with van der Waals surface area (Å²) in [5.41, 5.74) is 1.34. The van der Waals surface area contributed by atoms with Gasteiger partial charge < -0.3 is 10.1 Å². The molecule has 0 aliphatic carbocycles. The lowest BCUT2D eigenvalue weighted by Crippen LogP contribution is -2.43. The Morgan fingerprint density at radius 2 is 1.26 bits per heavy atom. The van der Waals surface area contributed by atoms with E-state index in [9.17, 15) is 9.59 Å². The fraction of sp³-hybridized carbons (Fsp3) is 0.103.